The molecule has 106 valence electrons. The molecule has 19 heavy (non-hydrogen) atoms. The van der Waals surface area contributed by atoms with Gasteiger partial charge in [-0.05, 0) is 39.7 Å². The number of anilines is 1. The Morgan fingerprint density at radius 1 is 1.42 bits per heavy atom. The van der Waals surface area contributed by atoms with Crippen LogP contribution in [-0.2, 0) is 0 Å². The number of hydrogen-bond acceptors (Lipinski definition) is 5. The van der Waals surface area contributed by atoms with Gasteiger partial charge in [-0.25, -0.2) is 4.98 Å². The van der Waals surface area contributed by atoms with Crippen LogP contribution >= 0.6 is 0 Å². The maximum atomic E-state index is 6.10. The van der Waals surface area contributed by atoms with Crippen LogP contribution in [0.5, 0.6) is 0 Å². The van der Waals surface area contributed by atoms with Gasteiger partial charge in [-0.3, -0.25) is 4.90 Å². The van der Waals surface area contributed by atoms with Gasteiger partial charge in [0.25, 0.3) is 0 Å². The lowest BCUT2D eigenvalue weighted by Crippen LogP contribution is -2.54. The Morgan fingerprint density at radius 2 is 2.16 bits per heavy atom. The zero-order valence-corrected chi connectivity index (χ0v) is 12.3. The molecule has 0 aliphatic carbocycles. The molecule has 1 aromatic heterocycles. The van der Waals surface area contributed by atoms with Crippen LogP contribution in [0.25, 0.3) is 0 Å². The third-order valence-corrected chi connectivity index (χ3v) is 4.15. The smallest absolute Gasteiger partial charge is 0.128 e. The summed E-state index contributed by atoms with van der Waals surface area (Å²) in [6, 6.07) is 2.65. The van der Waals surface area contributed by atoms with Crippen molar-refractivity contribution in [2.75, 3.05) is 46.5 Å². The standard InChI is InChI=1S/C14H25N5/c1-10-5-6-17-14(15)12(10)13(16-2)11-9-18(3)7-8-19(11)4/h5-6,11,13,16H,7-9H2,1-4H3,(H2,15,17). The maximum Gasteiger partial charge on any atom is 0.128 e. The molecule has 5 heteroatoms. The van der Waals surface area contributed by atoms with Gasteiger partial charge in [0.15, 0.2) is 0 Å². The number of hydrogen-bond donors (Lipinski definition) is 2. The summed E-state index contributed by atoms with van der Waals surface area (Å²) in [5, 5.41) is 3.43. The Bertz CT molecular complexity index is 414. The van der Waals surface area contributed by atoms with Crippen molar-refractivity contribution in [1.82, 2.24) is 20.1 Å². The molecule has 1 aliphatic rings. The number of aromatic nitrogens is 1. The van der Waals surface area contributed by atoms with E-state index in [4.69, 9.17) is 5.73 Å². The average molecular weight is 263 g/mol. The summed E-state index contributed by atoms with van der Waals surface area (Å²) >= 11 is 0. The minimum Gasteiger partial charge on any atom is -0.383 e. The summed E-state index contributed by atoms with van der Waals surface area (Å²) in [6.45, 7) is 5.34. The number of rotatable bonds is 3. The molecule has 1 fully saturated rings. The molecular weight excluding hydrogens is 238 g/mol. The van der Waals surface area contributed by atoms with Crippen LogP contribution in [0.1, 0.15) is 17.2 Å². The van der Waals surface area contributed by atoms with Gasteiger partial charge < -0.3 is 16.0 Å². The van der Waals surface area contributed by atoms with E-state index in [1.54, 1.807) is 6.20 Å². The molecule has 2 rings (SSSR count). The highest BCUT2D eigenvalue weighted by Gasteiger charge is 2.31. The van der Waals surface area contributed by atoms with Crippen LogP contribution in [0.2, 0.25) is 0 Å². The van der Waals surface area contributed by atoms with Gasteiger partial charge in [-0.2, -0.15) is 0 Å². The van der Waals surface area contributed by atoms with Crippen molar-refractivity contribution in [1.29, 1.82) is 0 Å². The second kappa shape index (κ2) is 5.86. The van der Waals surface area contributed by atoms with E-state index in [2.05, 4.69) is 41.1 Å². The first-order valence-electron chi connectivity index (χ1n) is 6.81. The fraction of sp³-hybridized carbons (Fsp3) is 0.643. The third kappa shape index (κ3) is 2.88. The number of likely N-dealkylation sites (N-methyl/N-ethyl adjacent to an activating group) is 3. The molecule has 0 spiro atoms. The third-order valence-electron chi connectivity index (χ3n) is 4.15. The van der Waals surface area contributed by atoms with E-state index < -0.39 is 0 Å². The first-order chi connectivity index (χ1) is 9.04. The lowest BCUT2D eigenvalue weighted by molar-refractivity contribution is 0.0896. The van der Waals surface area contributed by atoms with E-state index in [-0.39, 0.29) is 6.04 Å². The molecule has 1 aliphatic heterocycles. The van der Waals surface area contributed by atoms with E-state index in [0.717, 1.165) is 25.2 Å². The predicted molar refractivity (Wildman–Crippen MR) is 79.1 cm³/mol. The van der Waals surface area contributed by atoms with Crippen molar-refractivity contribution in [3.8, 4) is 0 Å². The monoisotopic (exact) mass is 263 g/mol. The molecular formula is C14H25N5. The minimum absolute atomic E-state index is 0.210. The topological polar surface area (TPSA) is 57.4 Å². The molecule has 0 amide bonds. The molecule has 3 N–H and O–H groups in total. The molecule has 0 aromatic carbocycles. The second-order valence-corrected chi connectivity index (χ2v) is 5.50. The lowest BCUT2D eigenvalue weighted by atomic mass is 9.93. The zero-order chi connectivity index (χ0) is 14.0. The van der Waals surface area contributed by atoms with Crippen molar-refractivity contribution >= 4 is 5.82 Å². The van der Waals surface area contributed by atoms with E-state index >= 15 is 0 Å². The fourth-order valence-corrected chi connectivity index (χ4v) is 2.93. The van der Waals surface area contributed by atoms with Crippen LogP contribution < -0.4 is 11.1 Å². The molecule has 1 aromatic rings. The van der Waals surface area contributed by atoms with Crippen LogP contribution in [0.3, 0.4) is 0 Å². The second-order valence-electron chi connectivity index (χ2n) is 5.50. The number of pyridine rings is 1. The summed E-state index contributed by atoms with van der Waals surface area (Å²) in [7, 11) is 6.36. The average Bonchev–Trinajstić information content (AvgIpc) is 2.37. The first-order valence-corrected chi connectivity index (χ1v) is 6.81. The number of piperazine rings is 1. The quantitative estimate of drug-likeness (QED) is 0.830. The zero-order valence-electron chi connectivity index (χ0n) is 12.3. The number of nitrogen functional groups attached to an aromatic ring is 1. The Morgan fingerprint density at radius 3 is 2.79 bits per heavy atom. The van der Waals surface area contributed by atoms with Gasteiger partial charge in [0.05, 0.1) is 6.04 Å². The molecule has 1 saturated heterocycles. The van der Waals surface area contributed by atoms with Gasteiger partial charge in [-0.15, -0.1) is 0 Å². The van der Waals surface area contributed by atoms with Crippen LogP contribution in [0.4, 0.5) is 5.82 Å². The summed E-state index contributed by atoms with van der Waals surface area (Å²) < 4.78 is 0. The first kappa shape index (κ1) is 14.2. The van der Waals surface area contributed by atoms with E-state index in [1.807, 2.05) is 13.1 Å². The summed E-state index contributed by atoms with van der Waals surface area (Å²) in [5.41, 5.74) is 8.44. The van der Waals surface area contributed by atoms with Crippen molar-refractivity contribution in [2.45, 2.75) is 19.0 Å². The Balaban J connectivity index is 2.33. The van der Waals surface area contributed by atoms with Crippen molar-refractivity contribution in [3.05, 3.63) is 23.4 Å². The Hall–Kier alpha value is -1.17. The number of nitrogens with zero attached hydrogens (tertiary/aromatic N) is 3. The van der Waals surface area contributed by atoms with E-state index in [0.29, 0.717) is 11.9 Å². The van der Waals surface area contributed by atoms with Crippen LogP contribution in [0, 0.1) is 6.92 Å². The highest BCUT2D eigenvalue weighted by molar-refractivity contribution is 5.46. The molecule has 2 heterocycles. The van der Waals surface area contributed by atoms with E-state index in [1.165, 1.54) is 5.56 Å². The van der Waals surface area contributed by atoms with Gasteiger partial charge in [-0.1, -0.05) is 0 Å². The molecule has 0 saturated carbocycles. The van der Waals surface area contributed by atoms with Gasteiger partial charge >= 0.3 is 0 Å². The summed E-state index contributed by atoms with van der Waals surface area (Å²) in [4.78, 5) is 9.04. The number of nitrogens with two attached hydrogens (primary N) is 1. The van der Waals surface area contributed by atoms with Gasteiger partial charge in [0, 0.05) is 37.4 Å². The van der Waals surface area contributed by atoms with Crippen molar-refractivity contribution < 1.29 is 0 Å². The van der Waals surface area contributed by atoms with Crippen molar-refractivity contribution in [3.63, 3.8) is 0 Å². The minimum atomic E-state index is 0.210. The van der Waals surface area contributed by atoms with Gasteiger partial charge in [0.1, 0.15) is 5.82 Å². The van der Waals surface area contributed by atoms with Crippen molar-refractivity contribution in [2.24, 2.45) is 0 Å². The van der Waals surface area contributed by atoms with Gasteiger partial charge in [0.2, 0.25) is 0 Å². The fourth-order valence-electron chi connectivity index (χ4n) is 2.93. The Kier molecular flexibility index (Phi) is 4.39. The number of nitrogens with one attached hydrogen (secondary N) is 1. The molecule has 0 radical (unpaired) electrons. The van der Waals surface area contributed by atoms with Crippen LogP contribution in [0.15, 0.2) is 12.3 Å². The number of aryl methyl sites for hydroxylation is 1. The predicted octanol–water partition coefficient (Wildman–Crippen LogP) is 0.479. The highest BCUT2D eigenvalue weighted by atomic mass is 15.3. The molecule has 2 unspecified atom stereocenters. The molecule has 0 bridgehead atoms. The van der Waals surface area contributed by atoms with E-state index in [9.17, 15) is 0 Å². The molecule has 2 atom stereocenters. The summed E-state index contributed by atoms with van der Waals surface area (Å²) in [6.07, 6.45) is 1.78. The largest absolute Gasteiger partial charge is 0.383 e. The highest BCUT2D eigenvalue weighted by Crippen LogP contribution is 2.28. The molecule has 5 nitrogen and oxygen atoms in total. The lowest BCUT2D eigenvalue weighted by Gasteiger charge is -2.42. The maximum absolute atomic E-state index is 6.10. The SMILES string of the molecule is CNC(c1c(C)ccnc1N)C1CN(C)CCN1C. The Labute approximate surface area is 115 Å². The van der Waals surface area contributed by atoms with Crippen LogP contribution in [-0.4, -0.2) is 61.6 Å². The summed E-state index contributed by atoms with van der Waals surface area (Å²) in [5.74, 6) is 0.640. The normalized spacial score (nSPS) is 23.5.